The van der Waals surface area contributed by atoms with Gasteiger partial charge in [-0.1, -0.05) is 13.3 Å². The number of carbonyl (C=O) groups excluding carboxylic acids is 2. The van der Waals surface area contributed by atoms with Crippen molar-refractivity contribution in [1.82, 2.24) is 9.88 Å². The number of fused-ring (bicyclic) bond motifs is 1. The molecule has 0 saturated heterocycles. The standard InChI is InChI=1S/C16H20N2O3/c1-4-5-8-17-16(20)14-10-18(11(2)19)15-7-6-12(21-3)9-13(14)15/h6-7,9-10H,4-5,8H2,1-3H3,(H,17,20). The van der Waals surface area contributed by atoms with Crippen molar-refractivity contribution in [2.75, 3.05) is 13.7 Å². The maximum Gasteiger partial charge on any atom is 0.253 e. The minimum atomic E-state index is -0.165. The smallest absolute Gasteiger partial charge is 0.253 e. The van der Waals surface area contributed by atoms with E-state index in [-0.39, 0.29) is 11.8 Å². The summed E-state index contributed by atoms with van der Waals surface area (Å²) in [5.41, 5.74) is 1.21. The summed E-state index contributed by atoms with van der Waals surface area (Å²) in [6, 6.07) is 5.35. The highest BCUT2D eigenvalue weighted by molar-refractivity contribution is 6.09. The van der Waals surface area contributed by atoms with Crippen LogP contribution in [0.25, 0.3) is 10.9 Å². The number of aromatic nitrogens is 1. The number of ether oxygens (including phenoxy) is 1. The van der Waals surface area contributed by atoms with E-state index in [9.17, 15) is 9.59 Å². The van der Waals surface area contributed by atoms with Gasteiger partial charge in [-0.25, -0.2) is 0 Å². The fraction of sp³-hybridized carbons (Fsp3) is 0.375. The molecule has 1 aromatic carbocycles. The second kappa shape index (κ2) is 6.43. The predicted molar refractivity (Wildman–Crippen MR) is 82.0 cm³/mol. The van der Waals surface area contributed by atoms with E-state index in [1.54, 1.807) is 31.5 Å². The third kappa shape index (κ3) is 3.07. The van der Waals surface area contributed by atoms with Crippen LogP contribution in [-0.4, -0.2) is 30.0 Å². The average Bonchev–Trinajstić information content (AvgIpc) is 2.86. The molecule has 0 spiro atoms. The second-order valence-corrected chi connectivity index (χ2v) is 4.92. The van der Waals surface area contributed by atoms with E-state index < -0.39 is 0 Å². The van der Waals surface area contributed by atoms with Gasteiger partial charge >= 0.3 is 0 Å². The van der Waals surface area contributed by atoms with Crippen LogP contribution in [0, 0.1) is 0 Å². The third-order valence-corrected chi connectivity index (χ3v) is 3.41. The number of nitrogens with one attached hydrogen (secondary N) is 1. The zero-order chi connectivity index (χ0) is 15.4. The number of nitrogens with zero attached hydrogens (tertiary/aromatic N) is 1. The Bertz CT molecular complexity index is 673. The van der Waals surface area contributed by atoms with E-state index in [0.717, 1.165) is 18.2 Å². The maximum absolute atomic E-state index is 12.3. The van der Waals surface area contributed by atoms with Gasteiger partial charge in [0.05, 0.1) is 18.2 Å². The average molecular weight is 288 g/mol. The van der Waals surface area contributed by atoms with Gasteiger partial charge in [0.25, 0.3) is 5.91 Å². The zero-order valence-corrected chi connectivity index (χ0v) is 12.6. The van der Waals surface area contributed by atoms with Crippen molar-refractivity contribution >= 4 is 22.7 Å². The Balaban J connectivity index is 2.46. The van der Waals surface area contributed by atoms with Crippen molar-refractivity contribution in [3.05, 3.63) is 30.0 Å². The molecule has 1 amide bonds. The van der Waals surface area contributed by atoms with Crippen molar-refractivity contribution in [1.29, 1.82) is 0 Å². The molecule has 0 aliphatic carbocycles. The van der Waals surface area contributed by atoms with Gasteiger partial charge in [-0.15, -0.1) is 0 Å². The first-order valence-corrected chi connectivity index (χ1v) is 7.06. The maximum atomic E-state index is 12.3. The summed E-state index contributed by atoms with van der Waals surface area (Å²) in [6.45, 7) is 4.17. The SMILES string of the molecule is CCCCNC(=O)c1cn(C(C)=O)c2ccc(OC)cc12. The summed E-state index contributed by atoms with van der Waals surface area (Å²) in [4.78, 5) is 24.0. The van der Waals surface area contributed by atoms with Crippen LogP contribution in [0.1, 0.15) is 41.8 Å². The number of hydrogen-bond acceptors (Lipinski definition) is 3. The van der Waals surface area contributed by atoms with E-state index in [2.05, 4.69) is 12.2 Å². The molecule has 112 valence electrons. The van der Waals surface area contributed by atoms with Gasteiger partial charge in [0, 0.05) is 25.1 Å². The van der Waals surface area contributed by atoms with E-state index in [1.165, 1.54) is 11.5 Å². The first-order chi connectivity index (χ1) is 10.1. The molecular formula is C16H20N2O3. The Labute approximate surface area is 123 Å². The van der Waals surface area contributed by atoms with Crippen LogP contribution >= 0.6 is 0 Å². The molecule has 0 aliphatic rings. The molecule has 0 radical (unpaired) electrons. The molecule has 0 aliphatic heterocycles. The summed E-state index contributed by atoms with van der Waals surface area (Å²) in [6.07, 6.45) is 3.54. The molecule has 0 bridgehead atoms. The van der Waals surface area contributed by atoms with Gasteiger partial charge in [-0.3, -0.25) is 14.2 Å². The lowest BCUT2D eigenvalue weighted by Crippen LogP contribution is -2.24. The Morgan fingerprint density at radius 2 is 2.10 bits per heavy atom. The van der Waals surface area contributed by atoms with Gasteiger partial charge in [-0.05, 0) is 24.6 Å². The molecule has 5 nitrogen and oxygen atoms in total. The van der Waals surface area contributed by atoms with Gasteiger partial charge in [-0.2, -0.15) is 0 Å². The van der Waals surface area contributed by atoms with Crippen molar-refractivity contribution in [2.24, 2.45) is 0 Å². The fourth-order valence-corrected chi connectivity index (χ4v) is 2.25. The highest BCUT2D eigenvalue weighted by Crippen LogP contribution is 2.26. The normalized spacial score (nSPS) is 10.6. The predicted octanol–water partition coefficient (Wildman–Crippen LogP) is 2.84. The molecule has 1 heterocycles. The topological polar surface area (TPSA) is 60.3 Å². The minimum absolute atomic E-state index is 0.127. The monoisotopic (exact) mass is 288 g/mol. The summed E-state index contributed by atoms with van der Waals surface area (Å²) in [5.74, 6) is 0.367. The largest absolute Gasteiger partial charge is 0.497 e. The third-order valence-electron chi connectivity index (χ3n) is 3.41. The second-order valence-electron chi connectivity index (χ2n) is 4.92. The molecule has 0 saturated carbocycles. The van der Waals surface area contributed by atoms with Crippen LogP contribution in [0.15, 0.2) is 24.4 Å². The molecule has 1 aromatic heterocycles. The van der Waals surface area contributed by atoms with Gasteiger partial charge < -0.3 is 10.1 Å². The minimum Gasteiger partial charge on any atom is -0.497 e. The van der Waals surface area contributed by atoms with Crippen molar-refractivity contribution in [2.45, 2.75) is 26.7 Å². The lowest BCUT2D eigenvalue weighted by molar-refractivity contribution is 0.0941. The Morgan fingerprint density at radius 3 is 2.71 bits per heavy atom. The molecule has 5 heteroatoms. The molecule has 21 heavy (non-hydrogen) atoms. The van der Waals surface area contributed by atoms with E-state index in [1.807, 2.05) is 0 Å². The van der Waals surface area contributed by atoms with Crippen molar-refractivity contribution < 1.29 is 14.3 Å². The number of rotatable bonds is 5. The van der Waals surface area contributed by atoms with E-state index in [4.69, 9.17) is 4.74 Å². The van der Waals surface area contributed by atoms with Crippen LogP contribution in [0.5, 0.6) is 5.75 Å². The highest BCUT2D eigenvalue weighted by Gasteiger charge is 2.17. The molecule has 0 fully saturated rings. The number of hydrogen-bond donors (Lipinski definition) is 1. The van der Waals surface area contributed by atoms with E-state index in [0.29, 0.717) is 23.4 Å². The number of amides is 1. The van der Waals surface area contributed by atoms with Crippen molar-refractivity contribution in [3.63, 3.8) is 0 Å². The molecular weight excluding hydrogens is 268 g/mol. The summed E-state index contributed by atoms with van der Waals surface area (Å²) in [5, 5.41) is 3.60. The van der Waals surface area contributed by atoms with Crippen molar-refractivity contribution in [3.8, 4) is 5.75 Å². The highest BCUT2D eigenvalue weighted by atomic mass is 16.5. The molecule has 2 aromatic rings. The number of unbranched alkanes of at least 4 members (excludes halogenated alkanes) is 1. The molecule has 0 unspecified atom stereocenters. The van der Waals surface area contributed by atoms with Crippen LogP contribution in [0.4, 0.5) is 0 Å². The summed E-state index contributed by atoms with van der Waals surface area (Å²) >= 11 is 0. The van der Waals surface area contributed by atoms with Crippen LogP contribution in [0.3, 0.4) is 0 Å². The van der Waals surface area contributed by atoms with Gasteiger partial charge in [0.1, 0.15) is 5.75 Å². The number of carbonyl (C=O) groups is 2. The summed E-state index contributed by atoms with van der Waals surface area (Å²) in [7, 11) is 1.57. The van der Waals surface area contributed by atoms with Gasteiger partial charge in [0.15, 0.2) is 0 Å². The molecule has 1 N–H and O–H groups in total. The van der Waals surface area contributed by atoms with Crippen LogP contribution < -0.4 is 10.1 Å². The summed E-state index contributed by atoms with van der Waals surface area (Å²) < 4.78 is 6.69. The number of benzene rings is 1. The van der Waals surface area contributed by atoms with Gasteiger partial charge in [0.2, 0.25) is 5.91 Å². The fourth-order valence-electron chi connectivity index (χ4n) is 2.25. The lowest BCUT2D eigenvalue weighted by Gasteiger charge is -2.04. The lowest BCUT2D eigenvalue weighted by atomic mass is 10.1. The Kier molecular flexibility index (Phi) is 4.62. The first-order valence-electron chi connectivity index (χ1n) is 7.06. The van der Waals surface area contributed by atoms with Crippen LogP contribution in [-0.2, 0) is 0 Å². The first kappa shape index (κ1) is 15.1. The Morgan fingerprint density at radius 1 is 1.33 bits per heavy atom. The molecule has 2 rings (SSSR count). The Hall–Kier alpha value is -2.30. The zero-order valence-electron chi connectivity index (χ0n) is 12.6. The molecule has 0 atom stereocenters. The quantitative estimate of drug-likeness (QED) is 0.861. The van der Waals surface area contributed by atoms with E-state index >= 15 is 0 Å². The van der Waals surface area contributed by atoms with Crippen LogP contribution in [0.2, 0.25) is 0 Å². The number of methoxy groups -OCH3 is 1.